The van der Waals surface area contributed by atoms with Crippen LogP contribution in [-0.4, -0.2) is 15.6 Å². The molecular weight excluding hydrogens is 362 g/mol. The third kappa shape index (κ3) is 4.39. The number of carbonyl (C=O) groups excluding carboxylic acids is 1. The summed E-state index contributed by atoms with van der Waals surface area (Å²) in [6.07, 6.45) is 1.62. The van der Waals surface area contributed by atoms with Crippen molar-refractivity contribution in [3.8, 4) is 17.5 Å². The van der Waals surface area contributed by atoms with E-state index in [9.17, 15) is 15.2 Å². The molecule has 0 aliphatic heterocycles. The van der Waals surface area contributed by atoms with Crippen molar-refractivity contribution < 1.29 is 9.90 Å². The number of phenols is 1. The van der Waals surface area contributed by atoms with Gasteiger partial charge in [0.25, 0.3) is 5.91 Å². The van der Waals surface area contributed by atoms with E-state index in [0.29, 0.717) is 0 Å². The average molecular weight is 385 g/mol. The number of nitriles is 1. The second-order valence-electron chi connectivity index (χ2n) is 6.95. The predicted molar refractivity (Wildman–Crippen MR) is 113 cm³/mol. The molecule has 0 saturated carbocycles. The van der Waals surface area contributed by atoms with Gasteiger partial charge in [-0.15, -0.1) is 0 Å². The van der Waals surface area contributed by atoms with Crippen LogP contribution in [0.2, 0.25) is 0 Å². The zero-order valence-electron chi connectivity index (χ0n) is 16.7. The normalized spacial score (nSPS) is 12.3. The highest BCUT2D eigenvalue weighted by Gasteiger charge is 2.16. The lowest BCUT2D eigenvalue weighted by atomic mass is 10.1. The van der Waals surface area contributed by atoms with Gasteiger partial charge in [-0.2, -0.15) is 5.26 Å². The second kappa shape index (κ2) is 8.49. The van der Waals surface area contributed by atoms with Crippen LogP contribution in [0.4, 0.5) is 0 Å². The molecule has 3 aromatic rings. The minimum Gasteiger partial charge on any atom is -0.508 e. The molecule has 0 unspecified atom stereocenters. The second-order valence-corrected chi connectivity index (χ2v) is 6.95. The summed E-state index contributed by atoms with van der Waals surface area (Å²) >= 11 is 0. The number of benzene rings is 2. The molecule has 1 atom stereocenters. The molecule has 29 heavy (non-hydrogen) atoms. The Labute approximate surface area is 170 Å². The molecule has 0 spiro atoms. The Morgan fingerprint density at radius 2 is 1.79 bits per heavy atom. The molecule has 1 amide bonds. The Balaban J connectivity index is 1.88. The first kappa shape index (κ1) is 20.0. The molecule has 0 saturated heterocycles. The molecule has 1 heterocycles. The Morgan fingerprint density at radius 3 is 2.41 bits per heavy atom. The molecule has 1 aromatic heterocycles. The van der Waals surface area contributed by atoms with Crippen molar-refractivity contribution in [2.24, 2.45) is 0 Å². The number of aromatic hydroxyl groups is 1. The SMILES string of the molecule is Cc1cc(/C=C(/C#N)C(=O)N[C@H](C)c2ccccc2)c(C)n1-c1ccc(O)cc1. The molecule has 3 rings (SSSR count). The fourth-order valence-electron chi connectivity index (χ4n) is 3.34. The van der Waals surface area contributed by atoms with E-state index in [0.717, 1.165) is 28.2 Å². The summed E-state index contributed by atoms with van der Waals surface area (Å²) in [6.45, 7) is 5.78. The maximum Gasteiger partial charge on any atom is 0.262 e. The van der Waals surface area contributed by atoms with E-state index in [2.05, 4.69) is 5.32 Å². The number of amides is 1. The summed E-state index contributed by atoms with van der Waals surface area (Å²) in [5, 5.41) is 21.9. The van der Waals surface area contributed by atoms with E-state index in [1.165, 1.54) is 0 Å². The molecule has 5 heteroatoms. The third-order valence-electron chi connectivity index (χ3n) is 4.89. The van der Waals surface area contributed by atoms with Crippen LogP contribution in [0, 0.1) is 25.2 Å². The number of aryl methyl sites for hydroxylation is 1. The number of hydrogen-bond donors (Lipinski definition) is 2. The summed E-state index contributed by atoms with van der Waals surface area (Å²) in [6, 6.07) is 20.3. The lowest BCUT2D eigenvalue weighted by Crippen LogP contribution is -2.27. The van der Waals surface area contributed by atoms with Crippen molar-refractivity contribution in [1.29, 1.82) is 5.26 Å². The fraction of sp³-hybridized carbons (Fsp3) is 0.167. The van der Waals surface area contributed by atoms with Gasteiger partial charge in [0.05, 0.1) is 6.04 Å². The van der Waals surface area contributed by atoms with Gasteiger partial charge in [0.1, 0.15) is 17.4 Å². The number of rotatable bonds is 5. The van der Waals surface area contributed by atoms with Crippen LogP contribution < -0.4 is 5.32 Å². The van der Waals surface area contributed by atoms with Crippen LogP contribution in [0.1, 0.15) is 35.5 Å². The van der Waals surface area contributed by atoms with E-state index in [4.69, 9.17) is 0 Å². The number of phenolic OH excluding ortho intramolecular Hbond substituents is 1. The highest BCUT2D eigenvalue weighted by atomic mass is 16.3. The van der Waals surface area contributed by atoms with Crippen LogP contribution in [-0.2, 0) is 4.79 Å². The Hall–Kier alpha value is -3.78. The molecule has 0 radical (unpaired) electrons. The fourth-order valence-corrected chi connectivity index (χ4v) is 3.34. The maximum absolute atomic E-state index is 12.6. The zero-order valence-corrected chi connectivity index (χ0v) is 16.7. The van der Waals surface area contributed by atoms with Crippen LogP contribution in [0.25, 0.3) is 11.8 Å². The molecule has 0 aliphatic carbocycles. The van der Waals surface area contributed by atoms with E-state index in [1.54, 1.807) is 18.2 Å². The van der Waals surface area contributed by atoms with Gasteiger partial charge in [-0.1, -0.05) is 30.3 Å². The van der Waals surface area contributed by atoms with Gasteiger partial charge in [0.15, 0.2) is 0 Å². The summed E-state index contributed by atoms with van der Waals surface area (Å²) in [5.74, 6) is -0.203. The highest BCUT2D eigenvalue weighted by molar-refractivity contribution is 6.02. The van der Waals surface area contributed by atoms with Gasteiger partial charge in [-0.25, -0.2) is 0 Å². The molecule has 2 aromatic carbocycles. The zero-order chi connectivity index (χ0) is 21.0. The van der Waals surface area contributed by atoms with Crippen molar-refractivity contribution >= 4 is 12.0 Å². The largest absolute Gasteiger partial charge is 0.508 e. The van der Waals surface area contributed by atoms with Gasteiger partial charge in [0.2, 0.25) is 0 Å². The monoisotopic (exact) mass is 385 g/mol. The molecule has 0 fully saturated rings. The van der Waals surface area contributed by atoms with Crippen molar-refractivity contribution in [2.75, 3.05) is 0 Å². The summed E-state index contributed by atoms with van der Waals surface area (Å²) < 4.78 is 2.02. The smallest absolute Gasteiger partial charge is 0.262 e. The van der Waals surface area contributed by atoms with Crippen LogP contribution >= 0.6 is 0 Å². The first-order valence-electron chi connectivity index (χ1n) is 9.36. The lowest BCUT2D eigenvalue weighted by molar-refractivity contribution is -0.117. The minimum atomic E-state index is -0.404. The van der Waals surface area contributed by atoms with Crippen molar-refractivity contribution in [3.63, 3.8) is 0 Å². The maximum atomic E-state index is 12.6. The van der Waals surface area contributed by atoms with Gasteiger partial charge >= 0.3 is 0 Å². The third-order valence-corrected chi connectivity index (χ3v) is 4.89. The van der Waals surface area contributed by atoms with E-state index < -0.39 is 5.91 Å². The van der Waals surface area contributed by atoms with Gasteiger partial charge < -0.3 is 15.0 Å². The first-order chi connectivity index (χ1) is 13.9. The molecule has 146 valence electrons. The standard InChI is InChI=1S/C24H23N3O2/c1-16-13-20(18(3)27(16)22-9-11-23(28)12-10-22)14-21(15-25)24(29)26-17(2)19-7-5-4-6-8-19/h4-14,17,28H,1-3H3,(H,26,29)/b21-14-/t17-/m1/s1. The van der Waals surface area contributed by atoms with Gasteiger partial charge in [-0.3, -0.25) is 4.79 Å². The van der Waals surface area contributed by atoms with Crippen molar-refractivity contribution in [1.82, 2.24) is 9.88 Å². The Bertz CT molecular complexity index is 1090. The first-order valence-corrected chi connectivity index (χ1v) is 9.36. The predicted octanol–water partition coefficient (Wildman–Crippen LogP) is 4.58. The van der Waals surface area contributed by atoms with Crippen LogP contribution in [0.15, 0.2) is 66.2 Å². The quantitative estimate of drug-likeness (QED) is 0.498. The minimum absolute atomic E-state index is 0.0544. The lowest BCUT2D eigenvalue weighted by Gasteiger charge is -2.13. The van der Waals surface area contributed by atoms with Crippen LogP contribution in [0.3, 0.4) is 0 Å². The summed E-state index contributed by atoms with van der Waals surface area (Å²) in [7, 11) is 0. The number of nitrogens with one attached hydrogen (secondary N) is 1. The number of nitrogens with zero attached hydrogens (tertiary/aromatic N) is 2. The van der Waals surface area contributed by atoms with Gasteiger partial charge in [0, 0.05) is 17.1 Å². The van der Waals surface area contributed by atoms with Crippen LogP contribution in [0.5, 0.6) is 5.75 Å². The Morgan fingerprint density at radius 1 is 1.14 bits per heavy atom. The Kier molecular flexibility index (Phi) is 5.85. The number of carbonyl (C=O) groups is 1. The molecule has 0 bridgehead atoms. The molecule has 5 nitrogen and oxygen atoms in total. The number of aromatic nitrogens is 1. The summed E-state index contributed by atoms with van der Waals surface area (Å²) in [5.41, 5.74) is 4.61. The van der Waals surface area contributed by atoms with Crippen molar-refractivity contribution in [3.05, 3.63) is 88.8 Å². The topological polar surface area (TPSA) is 78.0 Å². The highest BCUT2D eigenvalue weighted by Crippen LogP contribution is 2.24. The van der Waals surface area contributed by atoms with Crippen molar-refractivity contribution in [2.45, 2.75) is 26.8 Å². The van der Waals surface area contributed by atoms with E-state index in [1.807, 2.05) is 79.9 Å². The average Bonchev–Trinajstić information content (AvgIpc) is 3.00. The summed E-state index contributed by atoms with van der Waals surface area (Å²) in [4.78, 5) is 12.6. The molecular formula is C24H23N3O2. The van der Waals surface area contributed by atoms with E-state index in [-0.39, 0.29) is 17.4 Å². The molecule has 0 aliphatic rings. The molecule has 2 N–H and O–H groups in total. The van der Waals surface area contributed by atoms with E-state index >= 15 is 0 Å². The number of hydrogen-bond acceptors (Lipinski definition) is 3. The van der Waals surface area contributed by atoms with Gasteiger partial charge in [-0.05, 0) is 68.3 Å².